The number of para-hydroxylation sites is 2. The molecule has 0 saturated heterocycles. The summed E-state index contributed by atoms with van der Waals surface area (Å²) in [5, 5.41) is 5.08. The van der Waals surface area contributed by atoms with E-state index in [9.17, 15) is 9.59 Å². The first-order valence-electron chi connectivity index (χ1n) is 14.4. The lowest BCUT2D eigenvalue weighted by molar-refractivity contribution is 1.15. The first-order valence-corrected chi connectivity index (χ1v) is 14.4. The molecule has 44 heavy (non-hydrogen) atoms. The number of rotatable bonds is 2. The highest BCUT2D eigenvalue weighted by Gasteiger charge is 2.15. The van der Waals surface area contributed by atoms with E-state index in [1.165, 1.54) is 0 Å². The molecule has 4 aromatic heterocycles. The SMILES string of the molecule is O=c1nc2c3ccccc3c(-c3ccc(-c4cn5c6ccccc6c(=O)nc5c5ccccc45)cc3)cn2c2ccccc12. The molecular weight excluding hydrogens is 544 g/mol. The molecule has 206 valence electrons. The van der Waals surface area contributed by atoms with Crippen molar-refractivity contribution in [2.45, 2.75) is 0 Å². The minimum atomic E-state index is -0.224. The monoisotopic (exact) mass is 566 g/mol. The third-order valence-corrected chi connectivity index (χ3v) is 8.60. The molecule has 0 saturated carbocycles. The van der Waals surface area contributed by atoms with Crippen molar-refractivity contribution in [3.8, 4) is 22.3 Å². The van der Waals surface area contributed by atoms with Gasteiger partial charge in [0.2, 0.25) is 0 Å². The maximum Gasteiger partial charge on any atom is 0.281 e. The first-order chi connectivity index (χ1) is 21.7. The summed E-state index contributed by atoms with van der Waals surface area (Å²) >= 11 is 0. The lowest BCUT2D eigenvalue weighted by Crippen LogP contribution is -2.11. The normalized spacial score (nSPS) is 11.8. The highest BCUT2D eigenvalue weighted by atomic mass is 16.1. The van der Waals surface area contributed by atoms with Gasteiger partial charge in [-0.15, -0.1) is 0 Å². The van der Waals surface area contributed by atoms with E-state index in [2.05, 4.69) is 58.8 Å². The van der Waals surface area contributed by atoms with Crippen molar-refractivity contribution < 1.29 is 0 Å². The van der Waals surface area contributed by atoms with Gasteiger partial charge in [0, 0.05) is 34.3 Å². The van der Waals surface area contributed by atoms with Gasteiger partial charge in [-0.25, -0.2) is 0 Å². The van der Waals surface area contributed by atoms with Gasteiger partial charge in [-0.2, -0.15) is 9.97 Å². The maximum atomic E-state index is 12.9. The largest absolute Gasteiger partial charge is 0.300 e. The van der Waals surface area contributed by atoms with E-state index in [1.807, 2.05) is 93.7 Å². The average molecular weight is 567 g/mol. The molecule has 6 heteroatoms. The Morgan fingerprint density at radius 1 is 0.386 bits per heavy atom. The summed E-state index contributed by atoms with van der Waals surface area (Å²) in [6, 6.07) is 39.9. The topological polar surface area (TPSA) is 68.7 Å². The number of fused-ring (bicyclic) bond motifs is 10. The van der Waals surface area contributed by atoms with Crippen molar-refractivity contribution in [2.24, 2.45) is 0 Å². The lowest BCUT2D eigenvalue weighted by Gasteiger charge is -2.15. The number of nitrogens with zero attached hydrogens (tertiary/aromatic N) is 4. The Hall–Kier alpha value is -6.14. The van der Waals surface area contributed by atoms with E-state index in [-0.39, 0.29) is 11.1 Å². The summed E-state index contributed by atoms with van der Waals surface area (Å²) < 4.78 is 4.05. The molecule has 4 heterocycles. The van der Waals surface area contributed by atoms with E-state index in [0.717, 1.165) is 54.8 Å². The summed E-state index contributed by atoms with van der Waals surface area (Å²) in [4.78, 5) is 34.7. The van der Waals surface area contributed by atoms with Crippen LogP contribution in [0.15, 0.2) is 143 Å². The van der Waals surface area contributed by atoms with Crippen LogP contribution in [0.1, 0.15) is 0 Å². The fourth-order valence-corrected chi connectivity index (χ4v) is 6.53. The van der Waals surface area contributed by atoms with Crippen LogP contribution >= 0.6 is 0 Å². The zero-order valence-electron chi connectivity index (χ0n) is 23.3. The van der Waals surface area contributed by atoms with Gasteiger partial charge in [-0.3, -0.25) is 18.4 Å². The van der Waals surface area contributed by atoms with Gasteiger partial charge < -0.3 is 0 Å². The Labute approximate surface area is 249 Å². The molecule has 0 fully saturated rings. The first kappa shape index (κ1) is 24.5. The van der Waals surface area contributed by atoms with Gasteiger partial charge in [0.15, 0.2) is 0 Å². The molecule has 0 N–H and O–H groups in total. The van der Waals surface area contributed by atoms with Crippen LogP contribution in [-0.4, -0.2) is 18.8 Å². The number of hydrogen-bond donors (Lipinski definition) is 0. The standard InChI is InChI=1S/C38H22N4O2/c43-37-29-13-5-7-15-33(29)41-21-31(25-9-1-3-11-27(25)35(41)39-37)23-17-19-24(20-18-23)32-22-42-34-16-8-6-14-30(34)38(44)40-36(42)28-12-4-2-10-26(28)32/h1-22H. The minimum absolute atomic E-state index is 0.224. The molecule has 0 atom stereocenters. The summed E-state index contributed by atoms with van der Waals surface area (Å²) in [5.41, 5.74) is 6.69. The zero-order chi connectivity index (χ0) is 29.4. The quantitative estimate of drug-likeness (QED) is 0.202. The average Bonchev–Trinajstić information content (AvgIpc) is 3.08. The zero-order valence-corrected chi connectivity index (χ0v) is 23.3. The van der Waals surface area contributed by atoms with Crippen molar-refractivity contribution in [2.75, 3.05) is 0 Å². The molecule has 0 unspecified atom stereocenters. The molecule has 0 amide bonds. The number of aromatic nitrogens is 4. The van der Waals surface area contributed by atoms with Crippen LogP contribution in [0.25, 0.3) is 76.9 Å². The maximum absolute atomic E-state index is 12.9. The molecule has 9 aromatic rings. The minimum Gasteiger partial charge on any atom is -0.300 e. The third kappa shape index (κ3) is 3.48. The van der Waals surface area contributed by atoms with E-state index in [1.54, 1.807) is 0 Å². The van der Waals surface area contributed by atoms with Crippen LogP contribution in [0.3, 0.4) is 0 Å². The van der Waals surface area contributed by atoms with Gasteiger partial charge in [0.25, 0.3) is 11.1 Å². The Morgan fingerprint density at radius 2 is 0.727 bits per heavy atom. The molecule has 6 nitrogen and oxygen atoms in total. The van der Waals surface area contributed by atoms with Gasteiger partial charge in [-0.05, 0) is 46.2 Å². The van der Waals surface area contributed by atoms with Crippen molar-refractivity contribution in [1.29, 1.82) is 0 Å². The molecular formula is C38H22N4O2. The molecule has 0 radical (unpaired) electrons. The third-order valence-electron chi connectivity index (χ3n) is 8.60. The van der Waals surface area contributed by atoms with E-state index < -0.39 is 0 Å². The summed E-state index contributed by atoms with van der Waals surface area (Å²) in [6.07, 6.45) is 4.17. The van der Waals surface area contributed by atoms with Crippen LogP contribution in [0, 0.1) is 0 Å². The Kier molecular flexibility index (Phi) is 5.10. The van der Waals surface area contributed by atoms with E-state index in [4.69, 9.17) is 0 Å². The summed E-state index contributed by atoms with van der Waals surface area (Å²) in [7, 11) is 0. The molecule has 0 aliphatic rings. The fraction of sp³-hybridized carbons (Fsp3) is 0. The summed E-state index contributed by atoms with van der Waals surface area (Å²) in [6.45, 7) is 0. The van der Waals surface area contributed by atoms with Crippen molar-refractivity contribution >= 4 is 54.6 Å². The van der Waals surface area contributed by atoms with E-state index >= 15 is 0 Å². The summed E-state index contributed by atoms with van der Waals surface area (Å²) in [5.74, 6) is 0. The Bertz CT molecular complexity index is 2570. The second-order valence-corrected chi connectivity index (χ2v) is 11.0. The van der Waals surface area contributed by atoms with Crippen LogP contribution in [0.4, 0.5) is 0 Å². The van der Waals surface area contributed by atoms with Gasteiger partial charge in [0.05, 0.1) is 21.8 Å². The lowest BCUT2D eigenvalue weighted by atomic mass is 9.96. The van der Waals surface area contributed by atoms with E-state index in [0.29, 0.717) is 22.1 Å². The molecule has 5 aromatic carbocycles. The van der Waals surface area contributed by atoms with Crippen LogP contribution in [-0.2, 0) is 0 Å². The number of benzene rings is 5. The van der Waals surface area contributed by atoms with Gasteiger partial charge in [-0.1, -0.05) is 97.1 Å². The molecule has 0 spiro atoms. The van der Waals surface area contributed by atoms with Crippen LogP contribution in [0.5, 0.6) is 0 Å². The predicted octanol–water partition coefficient (Wildman–Crippen LogP) is 7.65. The van der Waals surface area contributed by atoms with Gasteiger partial charge >= 0.3 is 0 Å². The second kappa shape index (κ2) is 9.18. The second-order valence-electron chi connectivity index (χ2n) is 11.0. The molecule has 0 aliphatic heterocycles. The fourth-order valence-electron chi connectivity index (χ4n) is 6.53. The van der Waals surface area contributed by atoms with Gasteiger partial charge in [0.1, 0.15) is 11.3 Å². The smallest absolute Gasteiger partial charge is 0.281 e. The highest BCUT2D eigenvalue weighted by molar-refractivity contribution is 6.06. The predicted molar refractivity (Wildman–Crippen MR) is 177 cm³/mol. The van der Waals surface area contributed by atoms with Crippen molar-refractivity contribution in [3.05, 3.63) is 154 Å². The molecule has 0 bridgehead atoms. The Morgan fingerprint density at radius 3 is 1.14 bits per heavy atom. The van der Waals surface area contributed by atoms with Crippen molar-refractivity contribution in [1.82, 2.24) is 18.8 Å². The molecule has 9 rings (SSSR count). The van der Waals surface area contributed by atoms with Crippen LogP contribution < -0.4 is 11.1 Å². The Balaban J connectivity index is 1.29. The van der Waals surface area contributed by atoms with Crippen LogP contribution in [0.2, 0.25) is 0 Å². The van der Waals surface area contributed by atoms with Crippen molar-refractivity contribution in [3.63, 3.8) is 0 Å². The molecule has 0 aliphatic carbocycles. The number of pyridine rings is 2. The highest BCUT2D eigenvalue weighted by Crippen LogP contribution is 2.35. The number of hydrogen-bond acceptors (Lipinski definition) is 4.